The number of carbonyl (C=O) groups is 1. The van der Waals surface area contributed by atoms with Crippen molar-refractivity contribution in [2.75, 3.05) is 18.4 Å². The molecule has 1 amide bonds. The van der Waals surface area contributed by atoms with Gasteiger partial charge in [-0.2, -0.15) is 0 Å². The molecule has 0 saturated carbocycles. The number of rotatable bonds is 4. The van der Waals surface area contributed by atoms with Crippen LogP contribution in [0.15, 0.2) is 18.2 Å². The summed E-state index contributed by atoms with van der Waals surface area (Å²) in [5.74, 6) is -0.0288. The van der Waals surface area contributed by atoms with Gasteiger partial charge in [-0.25, -0.2) is 0 Å². The van der Waals surface area contributed by atoms with Crippen LogP contribution in [0.5, 0.6) is 0 Å². The highest BCUT2D eigenvalue weighted by Crippen LogP contribution is 2.28. The van der Waals surface area contributed by atoms with Crippen molar-refractivity contribution in [2.24, 2.45) is 0 Å². The topological polar surface area (TPSA) is 75.5 Å². The second-order valence-corrected chi connectivity index (χ2v) is 5.61. The molecule has 2 rings (SSSR count). The Morgan fingerprint density at radius 3 is 2.67 bits per heavy atom. The lowest BCUT2D eigenvalue weighted by Gasteiger charge is -2.29. The van der Waals surface area contributed by atoms with Crippen LogP contribution in [0, 0.1) is 10.1 Å². The first-order valence-corrected chi connectivity index (χ1v) is 7.36. The van der Waals surface area contributed by atoms with E-state index in [9.17, 15) is 14.9 Å². The summed E-state index contributed by atoms with van der Waals surface area (Å²) in [5.41, 5.74) is 0.183. The van der Waals surface area contributed by atoms with Crippen LogP contribution in [0.25, 0.3) is 0 Å². The average Bonchev–Trinajstić information content (AvgIpc) is 2.49. The quantitative estimate of drug-likeness (QED) is 0.685. The number of nitrogens with one attached hydrogen (secondary N) is 1. The number of piperidine rings is 1. The first kappa shape index (κ1) is 15.6. The van der Waals surface area contributed by atoms with Crippen LogP contribution in [-0.2, 0) is 4.79 Å². The molecular formula is C14H18ClN3O3. The summed E-state index contributed by atoms with van der Waals surface area (Å²) in [6, 6.07) is 3.86. The third-order valence-electron chi connectivity index (χ3n) is 3.57. The van der Waals surface area contributed by atoms with E-state index in [1.54, 1.807) is 13.0 Å². The lowest BCUT2D eigenvalue weighted by Crippen LogP contribution is -2.43. The Hall–Kier alpha value is -1.82. The summed E-state index contributed by atoms with van der Waals surface area (Å²) in [5, 5.41) is 14.3. The summed E-state index contributed by atoms with van der Waals surface area (Å²) in [6.07, 6.45) is 3.17. The third-order valence-corrected chi connectivity index (χ3v) is 3.80. The fourth-order valence-electron chi connectivity index (χ4n) is 2.46. The average molecular weight is 312 g/mol. The summed E-state index contributed by atoms with van der Waals surface area (Å²) >= 11 is 5.77. The molecule has 0 aliphatic carbocycles. The number of hydrogen-bond donors (Lipinski definition) is 1. The predicted octanol–water partition coefficient (Wildman–Crippen LogP) is 3.06. The molecule has 1 atom stereocenters. The number of carbonyl (C=O) groups excluding carboxylic acids is 1. The van der Waals surface area contributed by atoms with Crippen LogP contribution in [0.2, 0.25) is 5.02 Å². The Balaban J connectivity index is 2.10. The maximum absolute atomic E-state index is 12.3. The van der Waals surface area contributed by atoms with E-state index in [-0.39, 0.29) is 11.6 Å². The Morgan fingerprint density at radius 1 is 1.38 bits per heavy atom. The zero-order valence-corrected chi connectivity index (χ0v) is 12.6. The van der Waals surface area contributed by atoms with Crippen LogP contribution < -0.4 is 5.32 Å². The largest absolute Gasteiger partial charge is 0.368 e. The maximum Gasteiger partial charge on any atom is 0.293 e. The molecule has 1 aliphatic heterocycles. The molecule has 0 aromatic heterocycles. The number of nitro groups is 1. The van der Waals surface area contributed by atoms with Gasteiger partial charge in [0.05, 0.1) is 4.92 Å². The minimum Gasteiger partial charge on any atom is -0.368 e. The van der Waals surface area contributed by atoms with E-state index in [4.69, 9.17) is 11.6 Å². The lowest BCUT2D eigenvalue weighted by molar-refractivity contribution is -0.384. The molecule has 1 heterocycles. The molecule has 7 heteroatoms. The summed E-state index contributed by atoms with van der Waals surface area (Å²) in [4.78, 5) is 24.7. The van der Waals surface area contributed by atoms with E-state index in [0.29, 0.717) is 10.7 Å². The van der Waals surface area contributed by atoms with Crippen molar-refractivity contribution in [3.63, 3.8) is 0 Å². The number of anilines is 1. The van der Waals surface area contributed by atoms with E-state index in [0.717, 1.165) is 32.4 Å². The number of amides is 1. The van der Waals surface area contributed by atoms with E-state index < -0.39 is 11.0 Å². The van der Waals surface area contributed by atoms with Gasteiger partial charge in [0.25, 0.3) is 5.69 Å². The molecule has 0 bridgehead atoms. The van der Waals surface area contributed by atoms with Gasteiger partial charge in [0, 0.05) is 24.2 Å². The zero-order valence-electron chi connectivity index (χ0n) is 11.8. The Labute approximate surface area is 128 Å². The van der Waals surface area contributed by atoms with Crippen LogP contribution in [0.3, 0.4) is 0 Å². The Morgan fingerprint density at radius 2 is 2.05 bits per heavy atom. The first-order chi connectivity index (χ1) is 9.99. The van der Waals surface area contributed by atoms with E-state index in [1.165, 1.54) is 12.1 Å². The molecule has 1 aromatic carbocycles. The van der Waals surface area contributed by atoms with Crippen molar-refractivity contribution in [2.45, 2.75) is 32.2 Å². The number of benzene rings is 1. The zero-order chi connectivity index (χ0) is 15.4. The van der Waals surface area contributed by atoms with Gasteiger partial charge < -0.3 is 10.2 Å². The Kier molecular flexibility index (Phi) is 5.01. The standard InChI is InChI=1S/C14H18ClN3O3/c1-10(14(19)17-7-3-2-4-8-17)16-12-6-5-11(15)9-13(12)18(20)21/h5-6,9-10,16H,2-4,7-8H2,1H3. The molecule has 114 valence electrons. The second-order valence-electron chi connectivity index (χ2n) is 5.17. The van der Waals surface area contributed by atoms with Gasteiger partial charge >= 0.3 is 0 Å². The molecule has 1 unspecified atom stereocenters. The summed E-state index contributed by atoms with van der Waals surface area (Å²) in [7, 11) is 0. The highest BCUT2D eigenvalue weighted by Gasteiger charge is 2.24. The number of nitro benzene ring substituents is 1. The van der Waals surface area contributed by atoms with E-state index >= 15 is 0 Å². The molecule has 6 nitrogen and oxygen atoms in total. The van der Waals surface area contributed by atoms with Gasteiger partial charge in [-0.15, -0.1) is 0 Å². The van der Waals surface area contributed by atoms with Crippen LogP contribution >= 0.6 is 11.6 Å². The Bertz CT molecular complexity index is 544. The summed E-state index contributed by atoms with van der Waals surface area (Å²) < 4.78 is 0. The molecule has 0 radical (unpaired) electrons. The van der Waals surface area contributed by atoms with Crippen LogP contribution in [-0.4, -0.2) is 34.9 Å². The molecule has 1 saturated heterocycles. The highest BCUT2D eigenvalue weighted by atomic mass is 35.5. The van der Waals surface area contributed by atoms with Crippen LogP contribution in [0.1, 0.15) is 26.2 Å². The molecule has 21 heavy (non-hydrogen) atoms. The van der Waals surface area contributed by atoms with Gasteiger partial charge in [0.2, 0.25) is 5.91 Å². The third kappa shape index (κ3) is 3.85. The minimum absolute atomic E-state index is 0.0288. The number of halogens is 1. The highest BCUT2D eigenvalue weighted by molar-refractivity contribution is 6.30. The minimum atomic E-state index is -0.511. The molecule has 1 aromatic rings. The number of nitrogens with zero attached hydrogens (tertiary/aromatic N) is 2. The monoisotopic (exact) mass is 311 g/mol. The molecule has 1 fully saturated rings. The molecule has 1 aliphatic rings. The molecule has 1 N–H and O–H groups in total. The second kappa shape index (κ2) is 6.76. The SMILES string of the molecule is CC(Nc1ccc(Cl)cc1[N+](=O)[O-])C(=O)N1CCCCC1. The first-order valence-electron chi connectivity index (χ1n) is 6.98. The van der Waals surface area contributed by atoms with Crippen molar-refractivity contribution in [1.82, 2.24) is 4.90 Å². The van der Waals surface area contributed by atoms with Gasteiger partial charge in [-0.3, -0.25) is 14.9 Å². The molecular weight excluding hydrogens is 294 g/mol. The van der Waals surface area contributed by atoms with Gasteiger partial charge in [0.1, 0.15) is 11.7 Å². The van der Waals surface area contributed by atoms with Crippen molar-refractivity contribution in [1.29, 1.82) is 0 Å². The van der Waals surface area contributed by atoms with Crippen molar-refractivity contribution < 1.29 is 9.72 Å². The van der Waals surface area contributed by atoms with Crippen LogP contribution in [0.4, 0.5) is 11.4 Å². The fourth-order valence-corrected chi connectivity index (χ4v) is 2.63. The van der Waals surface area contributed by atoms with E-state index in [1.807, 2.05) is 4.90 Å². The number of likely N-dealkylation sites (tertiary alicyclic amines) is 1. The van der Waals surface area contributed by atoms with Crippen molar-refractivity contribution >= 4 is 28.9 Å². The predicted molar refractivity (Wildman–Crippen MR) is 81.6 cm³/mol. The normalized spacial score (nSPS) is 16.4. The van der Waals surface area contributed by atoms with Crippen molar-refractivity contribution in [3.8, 4) is 0 Å². The van der Waals surface area contributed by atoms with Crippen molar-refractivity contribution in [3.05, 3.63) is 33.3 Å². The maximum atomic E-state index is 12.3. The van der Waals surface area contributed by atoms with Gasteiger partial charge in [-0.05, 0) is 38.3 Å². The molecule has 0 spiro atoms. The van der Waals surface area contributed by atoms with E-state index in [2.05, 4.69) is 5.32 Å². The number of hydrogen-bond acceptors (Lipinski definition) is 4. The lowest BCUT2D eigenvalue weighted by atomic mass is 10.1. The van der Waals surface area contributed by atoms with Gasteiger partial charge in [-0.1, -0.05) is 11.6 Å². The fraction of sp³-hybridized carbons (Fsp3) is 0.500. The summed E-state index contributed by atoms with van der Waals surface area (Å²) in [6.45, 7) is 3.23. The smallest absolute Gasteiger partial charge is 0.293 e. The van der Waals surface area contributed by atoms with Gasteiger partial charge in [0.15, 0.2) is 0 Å².